The van der Waals surface area contributed by atoms with Crippen LogP contribution in [0.2, 0.25) is 0 Å². The van der Waals surface area contributed by atoms with Crippen LogP contribution in [0.5, 0.6) is 0 Å². The molecule has 7 heteroatoms. The summed E-state index contributed by atoms with van der Waals surface area (Å²) in [5.41, 5.74) is 5.16. The number of nitrogens with one attached hydrogen (secondary N) is 2. The first-order chi connectivity index (χ1) is 13.0. The Morgan fingerprint density at radius 1 is 1.00 bits per heavy atom. The predicted molar refractivity (Wildman–Crippen MR) is 107 cm³/mol. The number of nitrogens with zero attached hydrogens (tertiary/aromatic N) is 2. The van der Waals surface area contributed by atoms with Crippen LogP contribution in [0.25, 0.3) is 0 Å². The molecule has 0 atom stereocenters. The van der Waals surface area contributed by atoms with Gasteiger partial charge in [-0.25, -0.2) is 5.43 Å². The van der Waals surface area contributed by atoms with Gasteiger partial charge < -0.3 is 5.32 Å². The van der Waals surface area contributed by atoms with Gasteiger partial charge >= 0.3 is 0 Å². The highest BCUT2D eigenvalue weighted by Crippen LogP contribution is 2.15. The van der Waals surface area contributed by atoms with Gasteiger partial charge in [-0.3, -0.25) is 14.6 Å². The number of aryl methyl sites for hydroxylation is 1. The van der Waals surface area contributed by atoms with Gasteiger partial charge in [0.05, 0.1) is 10.6 Å². The Balaban J connectivity index is 1.68. The number of carbonyl (C=O) groups is 2. The summed E-state index contributed by atoms with van der Waals surface area (Å²) in [6.45, 7) is 3.74. The van der Waals surface area contributed by atoms with Crippen molar-refractivity contribution in [3.8, 4) is 0 Å². The number of hydrazone groups is 1. The minimum absolute atomic E-state index is 0.217. The zero-order valence-electron chi connectivity index (χ0n) is 14.9. The zero-order valence-corrected chi connectivity index (χ0v) is 15.7. The lowest BCUT2D eigenvalue weighted by atomic mass is 10.1. The van der Waals surface area contributed by atoms with E-state index in [0.717, 1.165) is 10.4 Å². The van der Waals surface area contributed by atoms with E-state index in [2.05, 4.69) is 20.8 Å². The molecule has 2 aromatic heterocycles. The number of pyridine rings is 1. The van der Waals surface area contributed by atoms with E-state index < -0.39 is 0 Å². The number of carbonyl (C=O) groups excluding carboxylic acids is 2. The highest BCUT2D eigenvalue weighted by Gasteiger charge is 2.09. The molecule has 0 aliphatic rings. The summed E-state index contributed by atoms with van der Waals surface area (Å²) in [5, 5.41) is 7.00. The predicted octanol–water partition coefficient (Wildman–Crippen LogP) is 3.86. The largest absolute Gasteiger partial charge is 0.322 e. The molecule has 0 aliphatic carbocycles. The van der Waals surface area contributed by atoms with E-state index in [1.54, 1.807) is 49.6 Å². The topological polar surface area (TPSA) is 83.5 Å². The molecule has 2 N–H and O–H groups in total. The fourth-order valence-electron chi connectivity index (χ4n) is 2.34. The van der Waals surface area contributed by atoms with E-state index in [1.165, 1.54) is 11.3 Å². The van der Waals surface area contributed by atoms with Gasteiger partial charge in [0, 0.05) is 28.5 Å². The summed E-state index contributed by atoms with van der Waals surface area (Å²) in [5.74, 6) is -0.458. The smallest absolute Gasteiger partial charge is 0.281 e. The average molecular weight is 378 g/mol. The van der Waals surface area contributed by atoms with Crippen LogP contribution < -0.4 is 10.7 Å². The number of rotatable bonds is 5. The molecule has 2 heterocycles. The molecular formula is C20H18N4O2S. The number of hydrogen-bond donors (Lipinski definition) is 2. The third-order valence-electron chi connectivity index (χ3n) is 3.77. The van der Waals surface area contributed by atoms with Crippen LogP contribution in [-0.2, 0) is 0 Å². The Labute approximate surface area is 161 Å². The number of amides is 2. The highest BCUT2D eigenvalue weighted by atomic mass is 32.1. The van der Waals surface area contributed by atoms with E-state index >= 15 is 0 Å². The first-order valence-electron chi connectivity index (χ1n) is 8.26. The molecule has 0 aliphatic heterocycles. The highest BCUT2D eigenvalue weighted by molar-refractivity contribution is 7.13. The summed E-state index contributed by atoms with van der Waals surface area (Å²) >= 11 is 1.42. The molecule has 0 saturated heterocycles. The number of benzene rings is 1. The molecule has 0 unspecified atom stereocenters. The summed E-state index contributed by atoms with van der Waals surface area (Å²) in [7, 11) is 0. The Hall–Kier alpha value is -3.32. The second-order valence-corrected chi connectivity index (χ2v) is 7.11. The van der Waals surface area contributed by atoms with Crippen LogP contribution in [0, 0.1) is 6.92 Å². The molecule has 27 heavy (non-hydrogen) atoms. The van der Waals surface area contributed by atoms with Crippen LogP contribution in [0.3, 0.4) is 0 Å². The van der Waals surface area contributed by atoms with Crippen LogP contribution in [-0.4, -0.2) is 22.5 Å². The third kappa shape index (κ3) is 4.86. The molecule has 0 fully saturated rings. The van der Waals surface area contributed by atoms with E-state index in [1.807, 2.05) is 25.1 Å². The number of anilines is 1. The molecule has 0 spiro atoms. The van der Waals surface area contributed by atoms with Gasteiger partial charge in [0.25, 0.3) is 11.8 Å². The minimum atomic E-state index is -0.241. The maximum Gasteiger partial charge on any atom is 0.281 e. The van der Waals surface area contributed by atoms with Gasteiger partial charge in [-0.2, -0.15) is 5.10 Å². The second-order valence-electron chi connectivity index (χ2n) is 5.82. The van der Waals surface area contributed by atoms with Crippen molar-refractivity contribution < 1.29 is 9.59 Å². The van der Waals surface area contributed by atoms with E-state index in [9.17, 15) is 9.59 Å². The average Bonchev–Trinajstić information content (AvgIpc) is 3.13. The van der Waals surface area contributed by atoms with Crippen LogP contribution in [0.15, 0.2) is 66.0 Å². The Morgan fingerprint density at radius 2 is 1.78 bits per heavy atom. The number of thiophene rings is 1. The summed E-state index contributed by atoms with van der Waals surface area (Å²) in [6, 6.07) is 14.2. The van der Waals surface area contributed by atoms with Crippen molar-refractivity contribution in [3.63, 3.8) is 0 Å². The molecule has 3 aromatic rings. The molecule has 2 amide bonds. The van der Waals surface area contributed by atoms with Crippen molar-refractivity contribution in [2.45, 2.75) is 13.8 Å². The quantitative estimate of drug-likeness (QED) is 0.522. The number of hydrogen-bond acceptors (Lipinski definition) is 5. The monoisotopic (exact) mass is 378 g/mol. The lowest BCUT2D eigenvalue weighted by molar-refractivity contribution is 0.0958. The van der Waals surface area contributed by atoms with Crippen LogP contribution in [0.4, 0.5) is 5.69 Å². The standard InChI is InChI=1S/C20H18N4O2S/c1-13-6-7-18(27-13)20(26)24-23-14(2)16-4-3-5-17(12-16)22-19(25)15-8-10-21-11-9-15/h3-12H,1-2H3,(H,22,25)(H,24,26)/b23-14+. The fraction of sp³-hybridized carbons (Fsp3) is 0.100. The first kappa shape index (κ1) is 18.5. The normalized spacial score (nSPS) is 11.1. The Morgan fingerprint density at radius 3 is 2.48 bits per heavy atom. The Kier molecular flexibility index (Phi) is 5.73. The lowest BCUT2D eigenvalue weighted by Crippen LogP contribution is -2.18. The van der Waals surface area contributed by atoms with E-state index in [-0.39, 0.29) is 11.8 Å². The van der Waals surface area contributed by atoms with Gasteiger partial charge in [-0.1, -0.05) is 12.1 Å². The summed E-state index contributed by atoms with van der Waals surface area (Å²) < 4.78 is 0. The maximum atomic E-state index is 12.2. The van der Waals surface area contributed by atoms with Crippen molar-refractivity contribution in [1.82, 2.24) is 10.4 Å². The van der Waals surface area contributed by atoms with Gasteiger partial charge in [0.1, 0.15) is 0 Å². The zero-order chi connectivity index (χ0) is 19.2. The third-order valence-corrected chi connectivity index (χ3v) is 4.77. The van der Waals surface area contributed by atoms with Crippen LogP contribution >= 0.6 is 11.3 Å². The van der Waals surface area contributed by atoms with Gasteiger partial charge in [0.15, 0.2) is 0 Å². The first-order valence-corrected chi connectivity index (χ1v) is 9.07. The summed E-state index contributed by atoms with van der Waals surface area (Å²) in [4.78, 5) is 29.9. The molecule has 0 bridgehead atoms. The van der Waals surface area contributed by atoms with E-state index in [0.29, 0.717) is 21.8 Å². The van der Waals surface area contributed by atoms with Crippen molar-refractivity contribution >= 4 is 34.6 Å². The Bertz CT molecular complexity index is 996. The van der Waals surface area contributed by atoms with Gasteiger partial charge in [-0.15, -0.1) is 11.3 Å². The fourth-order valence-corrected chi connectivity index (χ4v) is 3.10. The molecule has 1 aromatic carbocycles. The summed E-state index contributed by atoms with van der Waals surface area (Å²) in [6.07, 6.45) is 3.14. The molecule has 3 rings (SSSR count). The maximum absolute atomic E-state index is 12.2. The molecule has 0 radical (unpaired) electrons. The molecule has 6 nitrogen and oxygen atoms in total. The van der Waals surface area contributed by atoms with Crippen molar-refractivity contribution in [3.05, 3.63) is 81.8 Å². The molecule has 136 valence electrons. The second kappa shape index (κ2) is 8.37. The van der Waals surface area contributed by atoms with Crippen molar-refractivity contribution in [2.24, 2.45) is 5.10 Å². The van der Waals surface area contributed by atoms with E-state index in [4.69, 9.17) is 0 Å². The molecule has 0 saturated carbocycles. The molecular weight excluding hydrogens is 360 g/mol. The minimum Gasteiger partial charge on any atom is -0.322 e. The van der Waals surface area contributed by atoms with Crippen LogP contribution in [0.1, 0.15) is 37.4 Å². The number of aromatic nitrogens is 1. The SMILES string of the molecule is C/C(=N\NC(=O)c1ccc(C)s1)c1cccc(NC(=O)c2ccncc2)c1. The van der Waals surface area contributed by atoms with Crippen molar-refractivity contribution in [2.75, 3.05) is 5.32 Å². The lowest BCUT2D eigenvalue weighted by Gasteiger charge is -2.07. The van der Waals surface area contributed by atoms with Gasteiger partial charge in [0.2, 0.25) is 0 Å². The van der Waals surface area contributed by atoms with Crippen molar-refractivity contribution in [1.29, 1.82) is 0 Å². The van der Waals surface area contributed by atoms with Gasteiger partial charge in [-0.05, 0) is 55.8 Å².